The fourth-order valence-electron chi connectivity index (χ4n) is 4.11. The average molecular weight is 304 g/mol. The van der Waals surface area contributed by atoms with Gasteiger partial charge in [0.2, 0.25) is 5.95 Å². The molecule has 3 atom stereocenters. The maximum Gasteiger partial charge on any atom is 0.225 e. The van der Waals surface area contributed by atoms with E-state index in [2.05, 4.69) is 19.8 Å². The number of morpholine rings is 1. The molecule has 3 heterocycles. The minimum Gasteiger partial charge on any atom is -0.393 e. The highest BCUT2D eigenvalue weighted by atomic mass is 16.5. The molecule has 1 unspecified atom stereocenters. The van der Waals surface area contributed by atoms with Gasteiger partial charge in [-0.05, 0) is 24.7 Å². The fraction of sp³-hybridized carbons (Fsp3) is 0.750. The molecule has 0 aromatic carbocycles. The van der Waals surface area contributed by atoms with Crippen LogP contribution in [0.5, 0.6) is 0 Å². The third-order valence-corrected chi connectivity index (χ3v) is 5.19. The van der Waals surface area contributed by atoms with Crippen molar-refractivity contribution in [3.05, 3.63) is 18.0 Å². The molecule has 3 fully saturated rings. The van der Waals surface area contributed by atoms with Crippen molar-refractivity contribution in [2.24, 2.45) is 11.8 Å². The lowest BCUT2D eigenvalue weighted by molar-refractivity contribution is 0.122. The molecule has 1 saturated carbocycles. The monoisotopic (exact) mass is 304 g/mol. The molecule has 6 heteroatoms. The second kappa shape index (κ2) is 6.10. The number of aromatic nitrogens is 2. The molecule has 1 aromatic rings. The largest absolute Gasteiger partial charge is 0.393 e. The molecule has 2 aliphatic heterocycles. The summed E-state index contributed by atoms with van der Waals surface area (Å²) in [7, 11) is 0. The minimum absolute atomic E-state index is 0.0618. The van der Waals surface area contributed by atoms with Gasteiger partial charge in [0.15, 0.2) is 0 Å². The van der Waals surface area contributed by atoms with Gasteiger partial charge in [0, 0.05) is 50.7 Å². The zero-order valence-electron chi connectivity index (χ0n) is 12.9. The zero-order chi connectivity index (χ0) is 14.9. The molecule has 120 valence electrons. The van der Waals surface area contributed by atoms with Crippen LogP contribution in [-0.4, -0.2) is 65.5 Å². The van der Waals surface area contributed by atoms with Crippen molar-refractivity contribution in [1.82, 2.24) is 14.9 Å². The normalized spacial score (nSPS) is 32.4. The van der Waals surface area contributed by atoms with Gasteiger partial charge < -0.3 is 14.7 Å². The summed E-state index contributed by atoms with van der Waals surface area (Å²) in [6.07, 6.45) is 5.82. The van der Waals surface area contributed by atoms with Gasteiger partial charge >= 0.3 is 0 Å². The molecule has 0 amide bonds. The van der Waals surface area contributed by atoms with E-state index in [0.717, 1.165) is 64.7 Å². The number of nitrogens with zero attached hydrogens (tertiary/aromatic N) is 4. The Morgan fingerprint density at radius 3 is 2.36 bits per heavy atom. The van der Waals surface area contributed by atoms with Gasteiger partial charge in [-0.1, -0.05) is 0 Å². The number of fused-ring (bicyclic) bond motifs is 1. The van der Waals surface area contributed by atoms with Crippen LogP contribution in [0.1, 0.15) is 18.4 Å². The lowest BCUT2D eigenvalue weighted by Crippen LogP contribution is -2.37. The van der Waals surface area contributed by atoms with E-state index in [1.165, 1.54) is 5.56 Å². The first-order chi connectivity index (χ1) is 10.8. The first-order valence-electron chi connectivity index (χ1n) is 8.32. The Morgan fingerprint density at radius 2 is 1.73 bits per heavy atom. The predicted octanol–water partition coefficient (Wildman–Crippen LogP) is 0.516. The number of hydrogen-bond donors (Lipinski definition) is 1. The summed E-state index contributed by atoms with van der Waals surface area (Å²) < 4.78 is 5.36. The SMILES string of the molecule is OC1C[C@@H]2CN(Cc3cnc(N4CCOCC4)nc3)C[C@@H]2C1. The lowest BCUT2D eigenvalue weighted by atomic mass is 10.0. The third kappa shape index (κ3) is 2.95. The van der Waals surface area contributed by atoms with Crippen molar-refractivity contribution in [2.75, 3.05) is 44.3 Å². The first-order valence-corrected chi connectivity index (χ1v) is 8.32. The van der Waals surface area contributed by atoms with Gasteiger partial charge in [0.1, 0.15) is 0 Å². The van der Waals surface area contributed by atoms with Crippen LogP contribution in [0.2, 0.25) is 0 Å². The Labute approximate surface area is 131 Å². The Morgan fingerprint density at radius 1 is 1.09 bits per heavy atom. The van der Waals surface area contributed by atoms with Crippen LogP contribution < -0.4 is 4.90 Å². The smallest absolute Gasteiger partial charge is 0.225 e. The molecule has 2 saturated heterocycles. The van der Waals surface area contributed by atoms with E-state index in [4.69, 9.17) is 4.74 Å². The quantitative estimate of drug-likeness (QED) is 0.878. The molecule has 0 radical (unpaired) electrons. The molecule has 4 rings (SSSR count). The number of ether oxygens (including phenoxy) is 1. The fourth-order valence-corrected chi connectivity index (χ4v) is 4.11. The summed E-state index contributed by atoms with van der Waals surface area (Å²) in [5.41, 5.74) is 1.18. The minimum atomic E-state index is -0.0618. The highest BCUT2D eigenvalue weighted by Gasteiger charge is 2.39. The van der Waals surface area contributed by atoms with E-state index in [0.29, 0.717) is 11.8 Å². The molecule has 1 aliphatic carbocycles. The van der Waals surface area contributed by atoms with Crippen LogP contribution in [0, 0.1) is 11.8 Å². The number of hydrogen-bond acceptors (Lipinski definition) is 6. The summed E-state index contributed by atoms with van der Waals surface area (Å²) in [4.78, 5) is 13.7. The second-order valence-corrected chi connectivity index (χ2v) is 6.83. The van der Waals surface area contributed by atoms with Crippen LogP contribution >= 0.6 is 0 Å². The molecular formula is C16H24N4O2. The van der Waals surface area contributed by atoms with Crippen LogP contribution in [0.4, 0.5) is 5.95 Å². The van der Waals surface area contributed by atoms with Crippen molar-refractivity contribution in [1.29, 1.82) is 0 Å². The number of rotatable bonds is 3. The van der Waals surface area contributed by atoms with Crippen molar-refractivity contribution >= 4 is 5.95 Å². The molecule has 6 nitrogen and oxygen atoms in total. The maximum atomic E-state index is 9.71. The molecule has 3 aliphatic rings. The van der Waals surface area contributed by atoms with Crippen LogP contribution in [0.15, 0.2) is 12.4 Å². The van der Waals surface area contributed by atoms with Crippen molar-refractivity contribution in [2.45, 2.75) is 25.5 Å². The molecule has 22 heavy (non-hydrogen) atoms. The summed E-state index contributed by atoms with van der Waals surface area (Å²) in [5, 5.41) is 9.71. The molecular weight excluding hydrogens is 280 g/mol. The summed E-state index contributed by atoms with van der Waals surface area (Å²) in [5.74, 6) is 2.18. The number of likely N-dealkylation sites (tertiary alicyclic amines) is 1. The summed E-state index contributed by atoms with van der Waals surface area (Å²) >= 11 is 0. The maximum absolute atomic E-state index is 9.71. The number of aliphatic hydroxyl groups is 1. The van der Waals surface area contributed by atoms with E-state index in [9.17, 15) is 5.11 Å². The van der Waals surface area contributed by atoms with Gasteiger partial charge in [-0.3, -0.25) is 4.90 Å². The standard InChI is InChI=1S/C16H24N4O2/c21-15-5-13-10-19(11-14(13)6-15)9-12-7-17-16(18-8-12)20-1-3-22-4-2-20/h7-8,13-15,21H,1-6,9-11H2/t13-,14+,15?. The summed E-state index contributed by atoms with van der Waals surface area (Å²) in [6.45, 7) is 6.39. The number of anilines is 1. The summed E-state index contributed by atoms with van der Waals surface area (Å²) in [6, 6.07) is 0. The average Bonchev–Trinajstić information content (AvgIpc) is 3.05. The van der Waals surface area contributed by atoms with Gasteiger partial charge in [-0.2, -0.15) is 0 Å². The van der Waals surface area contributed by atoms with Gasteiger partial charge in [-0.25, -0.2) is 9.97 Å². The van der Waals surface area contributed by atoms with Crippen LogP contribution in [0.3, 0.4) is 0 Å². The molecule has 0 spiro atoms. The van der Waals surface area contributed by atoms with Crippen LogP contribution in [0.25, 0.3) is 0 Å². The van der Waals surface area contributed by atoms with E-state index < -0.39 is 0 Å². The molecule has 1 N–H and O–H groups in total. The third-order valence-electron chi connectivity index (χ3n) is 5.19. The van der Waals surface area contributed by atoms with E-state index >= 15 is 0 Å². The van der Waals surface area contributed by atoms with Gasteiger partial charge in [-0.15, -0.1) is 0 Å². The first kappa shape index (κ1) is 14.4. The van der Waals surface area contributed by atoms with Gasteiger partial charge in [0.25, 0.3) is 0 Å². The Bertz CT molecular complexity index is 489. The Kier molecular flexibility index (Phi) is 3.98. The van der Waals surface area contributed by atoms with Crippen molar-refractivity contribution in [3.8, 4) is 0 Å². The molecule has 1 aromatic heterocycles. The van der Waals surface area contributed by atoms with Gasteiger partial charge in [0.05, 0.1) is 19.3 Å². The molecule has 0 bridgehead atoms. The highest BCUT2D eigenvalue weighted by Crippen LogP contribution is 2.38. The highest BCUT2D eigenvalue weighted by molar-refractivity contribution is 5.30. The lowest BCUT2D eigenvalue weighted by Gasteiger charge is -2.26. The topological polar surface area (TPSA) is 61.7 Å². The number of aliphatic hydroxyl groups excluding tert-OH is 1. The Hall–Kier alpha value is -1.24. The van der Waals surface area contributed by atoms with Crippen LogP contribution in [-0.2, 0) is 11.3 Å². The van der Waals surface area contributed by atoms with E-state index in [1.807, 2.05) is 12.4 Å². The van der Waals surface area contributed by atoms with E-state index in [1.54, 1.807) is 0 Å². The van der Waals surface area contributed by atoms with Crippen molar-refractivity contribution in [3.63, 3.8) is 0 Å². The van der Waals surface area contributed by atoms with E-state index in [-0.39, 0.29) is 6.10 Å². The Balaban J connectivity index is 1.34. The van der Waals surface area contributed by atoms with Crippen molar-refractivity contribution < 1.29 is 9.84 Å². The second-order valence-electron chi connectivity index (χ2n) is 6.83. The zero-order valence-corrected chi connectivity index (χ0v) is 12.9. The predicted molar refractivity (Wildman–Crippen MR) is 82.6 cm³/mol.